The predicted molar refractivity (Wildman–Crippen MR) is 77.4 cm³/mol. The van der Waals surface area contributed by atoms with Crippen LogP contribution in [-0.4, -0.2) is 35.0 Å². The number of nitrogens with zero attached hydrogens (tertiary/aromatic N) is 1. The van der Waals surface area contributed by atoms with Crippen molar-refractivity contribution in [3.63, 3.8) is 0 Å². The Balaban J connectivity index is 1.91. The second-order valence-corrected chi connectivity index (χ2v) is 5.26. The van der Waals surface area contributed by atoms with Gasteiger partial charge in [0.25, 0.3) is 0 Å². The lowest BCUT2D eigenvalue weighted by Crippen LogP contribution is -2.39. The fourth-order valence-electron chi connectivity index (χ4n) is 2.23. The molecule has 0 radical (unpaired) electrons. The van der Waals surface area contributed by atoms with E-state index >= 15 is 0 Å². The maximum atomic E-state index is 12.0. The van der Waals surface area contributed by atoms with Gasteiger partial charge in [0.05, 0.1) is 5.92 Å². The summed E-state index contributed by atoms with van der Waals surface area (Å²) in [5.74, 6) is -1.18. The van der Waals surface area contributed by atoms with Gasteiger partial charge in [-0.1, -0.05) is 23.7 Å². The van der Waals surface area contributed by atoms with Crippen LogP contribution in [0.5, 0.6) is 0 Å². The summed E-state index contributed by atoms with van der Waals surface area (Å²) >= 11 is 5.87. The molecule has 1 saturated heterocycles. The Hall–Kier alpha value is -1.81. The summed E-state index contributed by atoms with van der Waals surface area (Å²) in [5.41, 5.74) is 0.867. The summed E-state index contributed by atoms with van der Waals surface area (Å²) in [4.78, 5) is 24.5. The van der Waals surface area contributed by atoms with Crippen molar-refractivity contribution < 1.29 is 14.7 Å². The van der Waals surface area contributed by atoms with E-state index in [0.29, 0.717) is 31.0 Å². The average molecular weight is 294 g/mol. The number of carboxylic acid groups (broad SMARTS) is 1. The summed E-state index contributed by atoms with van der Waals surface area (Å²) < 4.78 is 0. The van der Waals surface area contributed by atoms with E-state index in [0.717, 1.165) is 5.56 Å². The number of carboxylic acids is 1. The molecule has 2 rings (SSSR count). The first-order valence-corrected chi connectivity index (χ1v) is 6.89. The molecule has 5 heteroatoms. The van der Waals surface area contributed by atoms with E-state index in [1.54, 1.807) is 23.1 Å². The zero-order chi connectivity index (χ0) is 14.5. The summed E-state index contributed by atoms with van der Waals surface area (Å²) in [6, 6.07) is 7.25. The van der Waals surface area contributed by atoms with Gasteiger partial charge < -0.3 is 10.0 Å². The third-order valence-electron chi connectivity index (χ3n) is 3.42. The molecule has 0 atom stereocenters. The van der Waals surface area contributed by atoms with Gasteiger partial charge >= 0.3 is 5.97 Å². The number of likely N-dealkylation sites (tertiary alicyclic amines) is 1. The number of benzene rings is 1. The van der Waals surface area contributed by atoms with Crippen LogP contribution in [0.1, 0.15) is 18.4 Å². The van der Waals surface area contributed by atoms with Crippen LogP contribution in [0.2, 0.25) is 5.02 Å². The van der Waals surface area contributed by atoms with Crippen LogP contribution in [-0.2, 0) is 9.59 Å². The molecule has 0 saturated carbocycles. The predicted octanol–water partition coefficient (Wildman–Crippen LogP) is 2.68. The van der Waals surface area contributed by atoms with E-state index in [2.05, 4.69) is 0 Å². The monoisotopic (exact) mass is 293 g/mol. The van der Waals surface area contributed by atoms with Crippen LogP contribution >= 0.6 is 11.6 Å². The number of hydrogen-bond donors (Lipinski definition) is 1. The van der Waals surface area contributed by atoms with E-state index < -0.39 is 5.97 Å². The maximum absolute atomic E-state index is 12.0. The van der Waals surface area contributed by atoms with Gasteiger partial charge in [0.1, 0.15) is 0 Å². The molecule has 4 nitrogen and oxygen atoms in total. The van der Waals surface area contributed by atoms with E-state index in [9.17, 15) is 9.59 Å². The highest BCUT2D eigenvalue weighted by Crippen LogP contribution is 2.18. The molecule has 0 bridgehead atoms. The fourth-order valence-corrected chi connectivity index (χ4v) is 2.43. The zero-order valence-corrected chi connectivity index (χ0v) is 11.7. The molecular weight excluding hydrogens is 278 g/mol. The average Bonchev–Trinajstić information content (AvgIpc) is 2.45. The summed E-state index contributed by atoms with van der Waals surface area (Å²) in [5, 5.41) is 9.54. The van der Waals surface area contributed by atoms with Crippen molar-refractivity contribution in [1.82, 2.24) is 4.90 Å². The number of piperidine rings is 1. The number of rotatable bonds is 3. The topological polar surface area (TPSA) is 57.6 Å². The molecule has 0 spiro atoms. The van der Waals surface area contributed by atoms with Gasteiger partial charge in [-0.25, -0.2) is 0 Å². The van der Waals surface area contributed by atoms with E-state index in [4.69, 9.17) is 16.7 Å². The van der Waals surface area contributed by atoms with Gasteiger partial charge in [0.2, 0.25) is 5.91 Å². The Kier molecular flexibility index (Phi) is 4.79. The molecule has 1 aromatic rings. The first-order valence-electron chi connectivity index (χ1n) is 6.51. The smallest absolute Gasteiger partial charge is 0.306 e. The van der Waals surface area contributed by atoms with E-state index in [1.807, 2.05) is 12.1 Å². The molecule has 1 N–H and O–H groups in total. The number of aliphatic carboxylic acids is 1. The SMILES string of the molecule is O=C(O)C1CCN(C(=O)C=Cc2cccc(Cl)c2)CC1. The Labute approximate surface area is 122 Å². The van der Waals surface area contributed by atoms with Gasteiger partial charge in [-0.15, -0.1) is 0 Å². The number of halogens is 1. The highest BCUT2D eigenvalue weighted by Gasteiger charge is 2.25. The van der Waals surface area contributed by atoms with Crippen molar-refractivity contribution in [3.8, 4) is 0 Å². The molecule has 0 aliphatic carbocycles. The van der Waals surface area contributed by atoms with Gasteiger partial charge in [0, 0.05) is 24.2 Å². The first kappa shape index (κ1) is 14.6. The van der Waals surface area contributed by atoms with Crippen molar-refractivity contribution in [2.45, 2.75) is 12.8 Å². The van der Waals surface area contributed by atoms with Crippen molar-refractivity contribution in [1.29, 1.82) is 0 Å². The van der Waals surface area contributed by atoms with Gasteiger partial charge in [0.15, 0.2) is 0 Å². The Morgan fingerprint density at radius 2 is 2.00 bits per heavy atom. The Morgan fingerprint density at radius 1 is 1.30 bits per heavy atom. The van der Waals surface area contributed by atoms with Crippen molar-refractivity contribution in [2.24, 2.45) is 5.92 Å². The summed E-state index contributed by atoms with van der Waals surface area (Å²) in [6.07, 6.45) is 4.27. The summed E-state index contributed by atoms with van der Waals surface area (Å²) in [6.45, 7) is 0.991. The quantitative estimate of drug-likeness (QED) is 0.872. The molecular formula is C15H16ClNO3. The molecule has 1 fully saturated rings. The Bertz CT molecular complexity index is 534. The van der Waals surface area contributed by atoms with Crippen LogP contribution < -0.4 is 0 Å². The van der Waals surface area contributed by atoms with Crippen molar-refractivity contribution in [2.75, 3.05) is 13.1 Å². The molecule has 0 unspecified atom stereocenters. The van der Waals surface area contributed by atoms with Crippen LogP contribution in [0.3, 0.4) is 0 Å². The van der Waals surface area contributed by atoms with Crippen LogP contribution in [0.4, 0.5) is 0 Å². The molecule has 1 amide bonds. The van der Waals surface area contributed by atoms with Gasteiger partial charge in [-0.2, -0.15) is 0 Å². The third-order valence-corrected chi connectivity index (χ3v) is 3.66. The molecule has 1 aliphatic rings. The lowest BCUT2D eigenvalue weighted by atomic mass is 9.97. The standard InChI is InChI=1S/C15H16ClNO3/c16-13-3-1-2-11(10-13)4-5-14(18)17-8-6-12(7-9-17)15(19)20/h1-5,10,12H,6-9H2,(H,19,20). The third kappa shape index (κ3) is 3.84. The maximum Gasteiger partial charge on any atom is 0.306 e. The molecule has 1 heterocycles. The molecule has 20 heavy (non-hydrogen) atoms. The number of carbonyl (C=O) groups is 2. The summed E-state index contributed by atoms with van der Waals surface area (Å²) in [7, 11) is 0. The highest BCUT2D eigenvalue weighted by atomic mass is 35.5. The Morgan fingerprint density at radius 3 is 2.60 bits per heavy atom. The van der Waals surface area contributed by atoms with Crippen molar-refractivity contribution in [3.05, 3.63) is 40.9 Å². The number of hydrogen-bond acceptors (Lipinski definition) is 2. The van der Waals surface area contributed by atoms with Crippen molar-refractivity contribution >= 4 is 29.6 Å². The van der Waals surface area contributed by atoms with Crippen LogP contribution in [0.15, 0.2) is 30.3 Å². The molecule has 1 aliphatic heterocycles. The lowest BCUT2D eigenvalue weighted by molar-refractivity contribution is -0.144. The minimum Gasteiger partial charge on any atom is -0.481 e. The second-order valence-electron chi connectivity index (χ2n) is 4.83. The molecule has 0 aromatic heterocycles. The van der Waals surface area contributed by atoms with E-state index in [1.165, 1.54) is 6.08 Å². The minimum atomic E-state index is -0.772. The largest absolute Gasteiger partial charge is 0.481 e. The van der Waals surface area contributed by atoms with Crippen LogP contribution in [0.25, 0.3) is 6.08 Å². The van der Waals surface area contributed by atoms with Gasteiger partial charge in [-0.3, -0.25) is 9.59 Å². The lowest BCUT2D eigenvalue weighted by Gasteiger charge is -2.29. The number of carbonyl (C=O) groups excluding carboxylic acids is 1. The zero-order valence-electron chi connectivity index (χ0n) is 11.0. The fraction of sp³-hybridized carbons (Fsp3) is 0.333. The normalized spacial score (nSPS) is 16.6. The molecule has 1 aromatic carbocycles. The number of amides is 1. The second kappa shape index (κ2) is 6.57. The molecule has 106 valence electrons. The minimum absolute atomic E-state index is 0.0891. The highest BCUT2D eigenvalue weighted by molar-refractivity contribution is 6.30. The van der Waals surface area contributed by atoms with Crippen LogP contribution in [0, 0.1) is 5.92 Å². The van der Waals surface area contributed by atoms with Gasteiger partial charge in [-0.05, 0) is 36.6 Å². The first-order chi connectivity index (χ1) is 9.56. The van der Waals surface area contributed by atoms with E-state index in [-0.39, 0.29) is 11.8 Å².